The molecule has 0 radical (unpaired) electrons. The first-order valence-electron chi connectivity index (χ1n) is 7.60. The Labute approximate surface area is 124 Å². The van der Waals surface area contributed by atoms with Crippen LogP contribution in [0.25, 0.3) is 0 Å². The number of rotatable bonds is 5. The van der Waals surface area contributed by atoms with E-state index in [1.54, 1.807) is 11.5 Å². The van der Waals surface area contributed by atoms with Crippen LogP contribution < -0.4 is 5.48 Å². The van der Waals surface area contributed by atoms with Gasteiger partial charge < -0.3 is 0 Å². The molecule has 4 nitrogen and oxygen atoms in total. The number of hydroxylamine groups is 1. The first-order valence-corrected chi connectivity index (χ1v) is 7.60. The summed E-state index contributed by atoms with van der Waals surface area (Å²) in [7, 11) is 0. The maximum atomic E-state index is 14.3. The van der Waals surface area contributed by atoms with E-state index in [1.165, 1.54) is 6.07 Å². The van der Waals surface area contributed by atoms with Gasteiger partial charge in [0.25, 0.3) is 5.91 Å². The van der Waals surface area contributed by atoms with E-state index in [9.17, 15) is 9.18 Å². The Morgan fingerprint density at radius 2 is 2.19 bits per heavy atom. The molecule has 1 aromatic rings. The largest absolute Gasteiger partial charge is 0.296 e. The number of fused-ring (bicyclic) bond motifs is 1. The van der Waals surface area contributed by atoms with E-state index < -0.39 is 5.91 Å². The Morgan fingerprint density at radius 1 is 1.43 bits per heavy atom. The highest BCUT2D eigenvalue weighted by Gasteiger charge is 2.28. The lowest BCUT2D eigenvalue weighted by Crippen LogP contribution is -2.41. The van der Waals surface area contributed by atoms with Crippen molar-refractivity contribution in [3.05, 3.63) is 34.6 Å². The van der Waals surface area contributed by atoms with Crippen molar-refractivity contribution >= 4 is 5.91 Å². The second-order valence-electron chi connectivity index (χ2n) is 5.65. The van der Waals surface area contributed by atoms with Gasteiger partial charge in [-0.05, 0) is 43.5 Å². The predicted octanol–water partition coefficient (Wildman–Crippen LogP) is 2.88. The van der Waals surface area contributed by atoms with Crippen LogP contribution in [0.5, 0.6) is 0 Å². The maximum Gasteiger partial charge on any atom is 0.274 e. The van der Waals surface area contributed by atoms with Crippen LogP contribution >= 0.6 is 0 Å². The molecule has 0 spiro atoms. The number of amides is 1. The Balaban J connectivity index is 2.34. The van der Waals surface area contributed by atoms with Gasteiger partial charge in [-0.2, -0.15) is 0 Å². The lowest BCUT2D eigenvalue weighted by molar-refractivity contribution is 0.0705. The molecule has 1 aliphatic rings. The number of carbonyl (C=O) groups excluding carboxylic acids is 1. The first-order chi connectivity index (χ1) is 10.1. The molecule has 0 saturated heterocycles. The van der Waals surface area contributed by atoms with Crippen molar-refractivity contribution in [3.8, 4) is 0 Å². The third-order valence-electron chi connectivity index (χ3n) is 4.12. The molecular formula is C16H23FN2O2. The van der Waals surface area contributed by atoms with Crippen molar-refractivity contribution in [1.82, 2.24) is 10.4 Å². The zero-order valence-corrected chi connectivity index (χ0v) is 12.7. The standard InChI is InChI=1S/C16H23FN2O2/c1-3-5-13-8-11-7-12(16(20)18-21)9-15(17)14(11)10-19(13)6-4-2/h7,9,13,21H,3-6,8,10H2,1-2H3,(H,18,20)/t13-/m1/s1. The highest BCUT2D eigenvalue weighted by molar-refractivity contribution is 5.93. The molecule has 0 aromatic heterocycles. The fourth-order valence-corrected chi connectivity index (χ4v) is 3.13. The molecule has 0 bridgehead atoms. The van der Waals surface area contributed by atoms with Gasteiger partial charge in [0.15, 0.2) is 0 Å². The van der Waals surface area contributed by atoms with Gasteiger partial charge in [-0.1, -0.05) is 20.3 Å². The fourth-order valence-electron chi connectivity index (χ4n) is 3.13. The second-order valence-corrected chi connectivity index (χ2v) is 5.65. The van der Waals surface area contributed by atoms with E-state index in [1.807, 2.05) is 0 Å². The molecule has 2 rings (SSSR count). The highest BCUT2D eigenvalue weighted by Crippen LogP contribution is 2.29. The van der Waals surface area contributed by atoms with Crippen LogP contribution in [-0.2, 0) is 13.0 Å². The quantitative estimate of drug-likeness (QED) is 0.648. The van der Waals surface area contributed by atoms with E-state index in [4.69, 9.17) is 5.21 Å². The van der Waals surface area contributed by atoms with E-state index in [0.717, 1.165) is 37.8 Å². The summed E-state index contributed by atoms with van der Waals surface area (Å²) >= 11 is 0. The highest BCUT2D eigenvalue weighted by atomic mass is 19.1. The van der Waals surface area contributed by atoms with E-state index in [0.29, 0.717) is 18.2 Å². The van der Waals surface area contributed by atoms with Crippen molar-refractivity contribution in [2.45, 2.75) is 52.1 Å². The third kappa shape index (κ3) is 3.41. The molecule has 5 heteroatoms. The summed E-state index contributed by atoms with van der Waals surface area (Å²) in [4.78, 5) is 13.8. The maximum absolute atomic E-state index is 14.3. The van der Waals surface area contributed by atoms with Gasteiger partial charge in [-0.3, -0.25) is 14.9 Å². The van der Waals surface area contributed by atoms with Gasteiger partial charge in [0, 0.05) is 23.7 Å². The van der Waals surface area contributed by atoms with Gasteiger partial charge in [-0.25, -0.2) is 9.87 Å². The minimum Gasteiger partial charge on any atom is -0.296 e. The van der Waals surface area contributed by atoms with Crippen molar-refractivity contribution in [1.29, 1.82) is 0 Å². The van der Waals surface area contributed by atoms with Crippen LogP contribution in [0.4, 0.5) is 4.39 Å². The summed E-state index contributed by atoms with van der Waals surface area (Å²) in [6, 6.07) is 3.30. The van der Waals surface area contributed by atoms with E-state index in [-0.39, 0.29) is 11.4 Å². The lowest BCUT2D eigenvalue weighted by atomic mass is 9.89. The molecule has 0 aliphatic carbocycles. The van der Waals surface area contributed by atoms with E-state index >= 15 is 0 Å². The number of carbonyl (C=O) groups is 1. The van der Waals surface area contributed by atoms with Gasteiger partial charge in [-0.15, -0.1) is 0 Å². The monoisotopic (exact) mass is 294 g/mol. The molecule has 1 aromatic carbocycles. The summed E-state index contributed by atoms with van der Waals surface area (Å²) in [6.07, 6.45) is 3.95. The summed E-state index contributed by atoms with van der Waals surface area (Å²) in [6.45, 7) is 5.84. The Morgan fingerprint density at radius 3 is 2.81 bits per heavy atom. The van der Waals surface area contributed by atoms with Crippen LogP contribution in [0.2, 0.25) is 0 Å². The molecule has 1 heterocycles. The molecule has 0 fully saturated rings. The minimum absolute atomic E-state index is 0.174. The number of halogens is 1. The van der Waals surface area contributed by atoms with Crippen LogP contribution in [0.15, 0.2) is 12.1 Å². The van der Waals surface area contributed by atoms with Crippen LogP contribution in [0.1, 0.15) is 54.6 Å². The molecular weight excluding hydrogens is 271 g/mol. The predicted molar refractivity (Wildman–Crippen MR) is 78.8 cm³/mol. The number of hydrogen-bond acceptors (Lipinski definition) is 3. The Bertz CT molecular complexity index is 519. The van der Waals surface area contributed by atoms with Crippen LogP contribution in [0, 0.1) is 5.82 Å². The molecule has 1 amide bonds. The Hall–Kier alpha value is -1.46. The van der Waals surface area contributed by atoms with Crippen LogP contribution in [0.3, 0.4) is 0 Å². The van der Waals surface area contributed by atoms with Crippen molar-refractivity contribution in [2.75, 3.05) is 6.54 Å². The first kappa shape index (κ1) is 15.9. The molecule has 116 valence electrons. The van der Waals surface area contributed by atoms with Gasteiger partial charge >= 0.3 is 0 Å². The molecule has 2 N–H and O–H groups in total. The fraction of sp³-hybridized carbons (Fsp3) is 0.562. The summed E-state index contributed by atoms with van der Waals surface area (Å²) in [5.74, 6) is -1.03. The van der Waals surface area contributed by atoms with Gasteiger partial charge in [0.2, 0.25) is 0 Å². The molecule has 0 unspecified atom stereocenters. The zero-order chi connectivity index (χ0) is 15.4. The number of hydrogen-bond donors (Lipinski definition) is 2. The summed E-state index contributed by atoms with van der Waals surface area (Å²) < 4.78 is 14.3. The van der Waals surface area contributed by atoms with Crippen molar-refractivity contribution < 1.29 is 14.4 Å². The molecule has 0 saturated carbocycles. The number of nitrogens with zero attached hydrogens (tertiary/aromatic N) is 1. The molecule has 1 aliphatic heterocycles. The van der Waals surface area contributed by atoms with Gasteiger partial charge in [0.1, 0.15) is 5.82 Å². The number of nitrogens with one attached hydrogen (secondary N) is 1. The molecule has 1 atom stereocenters. The van der Waals surface area contributed by atoms with Crippen molar-refractivity contribution in [3.63, 3.8) is 0 Å². The second kappa shape index (κ2) is 7.00. The van der Waals surface area contributed by atoms with Crippen molar-refractivity contribution in [2.24, 2.45) is 0 Å². The van der Waals surface area contributed by atoms with Crippen LogP contribution in [-0.4, -0.2) is 28.6 Å². The zero-order valence-electron chi connectivity index (χ0n) is 12.7. The van der Waals surface area contributed by atoms with E-state index in [2.05, 4.69) is 18.7 Å². The summed E-state index contributed by atoms with van der Waals surface area (Å²) in [5.41, 5.74) is 3.31. The normalized spacial score (nSPS) is 18.4. The third-order valence-corrected chi connectivity index (χ3v) is 4.12. The lowest BCUT2D eigenvalue weighted by Gasteiger charge is -2.37. The van der Waals surface area contributed by atoms with Gasteiger partial charge in [0.05, 0.1) is 0 Å². The summed E-state index contributed by atoms with van der Waals surface area (Å²) in [5, 5.41) is 8.70. The molecule has 21 heavy (non-hydrogen) atoms. The average molecular weight is 294 g/mol. The average Bonchev–Trinajstić information content (AvgIpc) is 2.48. The SMILES string of the molecule is CCC[C@@H]1Cc2cc(C(=O)NO)cc(F)c2CN1CCC. The topological polar surface area (TPSA) is 52.6 Å². The Kier molecular flexibility index (Phi) is 5.31. The minimum atomic E-state index is -0.667. The number of benzene rings is 1. The smallest absolute Gasteiger partial charge is 0.274 e.